The molecular weight excluding hydrogens is 200 g/mol. The van der Waals surface area contributed by atoms with Gasteiger partial charge in [0, 0.05) is 25.4 Å². The normalized spacial score (nSPS) is 10.5. The fraction of sp³-hybridized carbons (Fsp3) is 0. The van der Waals surface area contributed by atoms with Crippen LogP contribution in [0.5, 0.6) is 0 Å². The maximum Gasteiger partial charge on any atom is 0.0906 e. The standard InChI is InChI=1S/H2N4O9/c1-2-3-4-6-8-10-12-13-11-9-7-5/h1,5H/b2-1?,4-3+. The molecule has 76 valence electrons. The van der Waals surface area contributed by atoms with Crippen LogP contribution in [0.3, 0.4) is 0 Å². The molecule has 0 unspecified atom stereocenters. The van der Waals surface area contributed by atoms with Crippen LogP contribution in [0, 0.1) is 5.53 Å². The van der Waals surface area contributed by atoms with E-state index in [1.54, 1.807) is 0 Å². The van der Waals surface area contributed by atoms with Crippen molar-refractivity contribution in [2.24, 2.45) is 15.7 Å². The van der Waals surface area contributed by atoms with Crippen LogP contribution in [0.15, 0.2) is 15.7 Å². The Kier molecular flexibility index (Phi) is 9.60. The molecule has 13 heavy (non-hydrogen) atoms. The second-order valence-electron chi connectivity index (χ2n) is 0.828. The fourth-order valence-corrected chi connectivity index (χ4v) is 0.117. The number of hydrogen-bond donors (Lipinski definition) is 2. The van der Waals surface area contributed by atoms with Crippen LogP contribution in [0.2, 0.25) is 0 Å². The maximum absolute atomic E-state index is 7.43. The molecule has 13 heteroatoms. The van der Waals surface area contributed by atoms with Crippen LogP contribution in [0.25, 0.3) is 0 Å². The topological polar surface area (TPSA) is 155 Å². The Morgan fingerprint density at radius 1 is 0.923 bits per heavy atom. The zero-order valence-corrected chi connectivity index (χ0v) is 5.55. The summed E-state index contributed by atoms with van der Waals surface area (Å²) in [5, 5.41) is 38.3. The molecule has 0 amide bonds. The Balaban J connectivity index is 2.91. The van der Waals surface area contributed by atoms with Crippen molar-refractivity contribution in [2.75, 3.05) is 0 Å². The van der Waals surface area contributed by atoms with Crippen molar-refractivity contribution in [1.82, 2.24) is 0 Å². The second kappa shape index (κ2) is 10.7. The van der Waals surface area contributed by atoms with Gasteiger partial charge in [-0.15, -0.1) is 0 Å². The van der Waals surface area contributed by atoms with E-state index in [-0.39, 0.29) is 0 Å². The molecule has 0 aromatic heterocycles. The van der Waals surface area contributed by atoms with Crippen molar-refractivity contribution in [3.8, 4) is 0 Å². The number of nitrogens with one attached hydrogen (secondary N) is 1. The van der Waals surface area contributed by atoms with E-state index in [4.69, 9.17) is 10.8 Å². The second-order valence-corrected chi connectivity index (χ2v) is 0.828. The minimum atomic E-state index is 2.38. The van der Waals surface area contributed by atoms with Gasteiger partial charge in [-0.3, -0.25) is 0 Å². The molecule has 0 aromatic carbocycles. The summed E-state index contributed by atoms with van der Waals surface area (Å²) in [6, 6.07) is 0. The summed E-state index contributed by atoms with van der Waals surface area (Å²) in [5.41, 5.74) is 6.05. The van der Waals surface area contributed by atoms with Gasteiger partial charge in [0.05, 0.1) is 5.28 Å². The number of nitrogens with zero attached hydrogens (tertiary/aromatic N) is 3. The largest absolute Gasteiger partial charge is 0.219 e. The summed E-state index contributed by atoms with van der Waals surface area (Å²) in [4.78, 5) is 3.62. The lowest BCUT2D eigenvalue weighted by molar-refractivity contribution is -0.830. The van der Waals surface area contributed by atoms with Crippen molar-refractivity contribution in [3.05, 3.63) is 0 Å². The molecule has 0 bridgehead atoms. The SMILES string of the molecule is N=N/N=N/OOOOOOOOO. The Hall–Kier alpha value is -1.32. The quantitative estimate of drug-likeness (QED) is 0.232. The van der Waals surface area contributed by atoms with Gasteiger partial charge in [-0.2, -0.15) is 10.5 Å². The third-order valence-electron chi connectivity index (χ3n) is 0.314. The Labute approximate surface area is 68.1 Å². The van der Waals surface area contributed by atoms with Gasteiger partial charge in [-0.25, -0.2) is 5.26 Å². The van der Waals surface area contributed by atoms with Crippen LogP contribution in [-0.4, -0.2) is 5.26 Å². The predicted octanol–water partition coefficient (Wildman–Crippen LogP) is 0.310. The number of rotatable bonds is 9. The smallest absolute Gasteiger partial charge is 0.0906 e. The van der Waals surface area contributed by atoms with Crippen LogP contribution in [0.4, 0.5) is 0 Å². The van der Waals surface area contributed by atoms with Gasteiger partial charge >= 0.3 is 0 Å². The van der Waals surface area contributed by atoms with Gasteiger partial charge in [0.2, 0.25) is 0 Å². The molecule has 13 nitrogen and oxygen atoms in total. The molecule has 0 atom stereocenters. The van der Waals surface area contributed by atoms with Gasteiger partial charge in [-0.05, 0) is 20.3 Å². The first-order valence-electron chi connectivity index (χ1n) is 2.16. The lowest BCUT2D eigenvalue weighted by atomic mass is 12.6. The predicted molar refractivity (Wildman–Crippen MR) is 21.3 cm³/mol. The van der Waals surface area contributed by atoms with E-state index in [2.05, 4.69) is 56.0 Å². The Morgan fingerprint density at radius 3 is 2.15 bits per heavy atom. The lowest BCUT2D eigenvalue weighted by Crippen LogP contribution is -1.99. The molecule has 0 saturated carbocycles. The molecule has 0 heterocycles. The summed E-state index contributed by atoms with van der Waals surface area (Å²) in [7, 11) is 0. The van der Waals surface area contributed by atoms with E-state index < -0.39 is 0 Å². The van der Waals surface area contributed by atoms with Gasteiger partial charge in [0.1, 0.15) is 0 Å². The van der Waals surface area contributed by atoms with Crippen molar-refractivity contribution in [2.45, 2.75) is 0 Å². The van der Waals surface area contributed by atoms with Crippen LogP contribution in [0.1, 0.15) is 0 Å². The van der Waals surface area contributed by atoms with Gasteiger partial charge in [0.15, 0.2) is 0 Å². The zero-order chi connectivity index (χ0) is 9.78. The van der Waals surface area contributed by atoms with Crippen molar-refractivity contribution < 1.29 is 45.5 Å². The highest BCUT2D eigenvalue weighted by Gasteiger charge is 1.93. The van der Waals surface area contributed by atoms with Crippen LogP contribution >= 0.6 is 0 Å². The average Bonchev–Trinajstić information content (AvgIpc) is 2.16. The van der Waals surface area contributed by atoms with E-state index in [0.29, 0.717) is 0 Å². The first-order valence-corrected chi connectivity index (χ1v) is 2.16. The molecule has 0 radical (unpaired) electrons. The summed E-state index contributed by atoms with van der Waals surface area (Å²) >= 11 is 0. The molecule has 2 N–H and O–H groups in total. The molecule has 0 aliphatic carbocycles. The van der Waals surface area contributed by atoms with E-state index in [9.17, 15) is 0 Å². The van der Waals surface area contributed by atoms with E-state index in [0.717, 1.165) is 0 Å². The first kappa shape index (κ1) is 11.7. The average molecular weight is 202 g/mol. The van der Waals surface area contributed by atoms with Crippen LogP contribution < -0.4 is 0 Å². The minimum absolute atomic E-state index is 2.38. The molecule has 0 rings (SSSR count). The van der Waals surface area contributed by atoms with E-state index >= 15 is 0 Å². The Bertz CT molecular complexity index is 134. The molecular formula is H2N4O9. The Morgan fingerprint density at radius 2 is 1.54 bits per heavy atom. The van der Waals surface area contributed by atoms with E-state index in [1.165, 1.54) is 0 Å². The van der Waals surface area contributed by atoms with Crippen molar-refractivity contribution in [1.29, 1.82) is 5.53 Å². The highest BCUT2D eigenvalue weighted by atomic mass is 17.9. The fourth-order valence-electron chi connectivity index (χ4n) is 0.117. The third kappa shape index (κ3) is 10.7. The molecule has 0 fully saturated rings. The summed E-state index contributed by atoms with van der Waals surface area (Å²) in [5.74, 6) is 0. The van der Waals surface area contributed by atoms with Gasteiger partial charge < -0.3 is 0 Å². The zero-order valence-electron chi connectivity index (χ0n) is 5.55. The third-order valence-corrected chi connectivity index (χ3v) is 0.314. The minimum Gasteiger partial charge on any atom is -0.219 e. The molecule has 0 saturated heterocycles. The number of hydrogen-bond acceptors (Lipinski definition) is 11. The van der Waals surface area contributed by atoms with Crippen molar-refractivity contribution >= 4 is 0 Å². The molecule has 0 aromatic rings. The highest BCUT2D eigenvalue weighted by Crippen LogP contribution is 1.88. The molecule has 0 spiro atoms. The summed E-state index contributed by atoms with van der Waals surface area (Å²) < 4.78 is 0. The van der Waals surface area contributed by atoms with Crippen LogP contribution in [-0.2, 0) is 40.3 Å². The van der Waals surface area contributed by atoms with Crippen molar-refractivity contribution in [3.63, 3.8) is 0 Å². The summed E-state index contributed by atoms with van der Waals surface area (Å²) in [6.45, 7) is 0. The first-order chi connectivity index (χ1) is 6.41. The lowest BCUT2D eigenvalue weighted by Gasteiger charge is -1.93. The summed E-state index contributed by atoms with van der Waals surface area (Å²) in [6.07, 6.45) is 0. The van der Waals surface area contributed by atoms with Gasteiger partial charge in [-0.1, -0.05) is 0 Å². The molecule has 0 aliphatic rings. The van der Waals surface area contributed by atoms with E-state index in [1.807, 2.05) is 0 Å². The van der Waals surface area contributed by atoms with Gasteiger partial charge in [0.25, 0.3) is 0 Å². The monoisotopic (exact) mass is 202 g/mol. The molecule has 0 aliphatic heterocycles. The highest BCUT2D eigenvalue weighted by molar-refractivity contribution is 3.82. The maximum atomic E-state index is 7.43.